The quantitative estimate of drug-likeness (QED) is 0.812. The van der Waals surface area contributed by atoms with Crippen LogP contribution >= 0.6 is 0 Å². The summed E-state index contributed by atoms with van der Waals surface area (Å²) in [7, 11) is 0. The molecule has 0 atom stereocenters. The number of imide groups is 1. The lowest BCUT2D eigenvalue weighted by atomic mass is 10.1. The second-order valence-electron chi connectivity index (χ2n) is 4.83. The Kier molecular flexibility index (Phi) is 3.69. The van der Waals surface area contributed by atoms with Crippen molar-refractivity contribution in [1.82, 2.24) is 5.06 Å². The maximum Gasteiger partial charge on any atom is 0.285 e. The summed E-state index contributed by atoms with van der Waals surface area (Å²) in [5.74, 6) is -0.920. The summed E-state index contributed by atoms with van der Waals surface area (Å²) in [6, 6.07) is 16.0. The molecule has 0 fully saturated rings. The number of hydroxylamine groups is 2. The Hall–Kier alpha value is -2.97. The number of hydrogen-bond donors (Lipinski definition) is 0. The summed E-state index contributed by atoms with van der Waals surface area (Å²) < 4.78 is 0. The van der Waals surface area contributed by atoms with Crippen molar-refractivity contribution in [2.24, 2.45) is 0 Å². The monoisotopic (exact) mass is 292 g/mol. The third-order valence-corrected chi connectivity index (χ3v) is 3.49. The van der Waals surface area contributed by atoms with Crippen molar-refractivity contribution in [3.8, 4) is 6.07 Å². The Labute approximate surface area is 127 Å². The maximum atomic E-state index is 12.2. The number of fused-ring (bicyclic) bond motifs is 1. The molecular formula is C17H12N2O3. The van der Waals surface area contributed by atoms with Crippen LogP contribution in [0.2, 0.25) is 0 Å². The molecule has 1 aliphatic heterocycles. The van der Waals surface area contributed by atoms with E-state index in [9.17, 15) is 9.59 Å². The molecule has 3 rings (SSSR count). The van der Waals surface area contributed by atoms with Crippen LogP contribution < -0.4 is 0 Å². The number of rotatable bonds is 4. The summed E-state index contributed by atoms with van der Waals surface area (Å²) in [5, 5.41) is 9.60. The summed E-state index contributed by atoms with van der Waals surface area (Å²) >= 11 is 0. The van der Waals surface area contributed by atoms with Gasteiger partial charge in [0, 0.05) is 0 Å². The van der Waals surface area contributed by atoms with Crippen LogP contribution in [-0.4, -0.2) is 16.9 Å². The van der Waals surface area contributed by atoms with Gasteiger partial charge in [-0.3, -0.25) is 14.4 Å². The highest BCUT2D eigenvalue weighted by molar-refractivity contribution is 6.20. The van der Waals surface area contributed by atoms with Crippen molar-refractivity contribution in [2.75, 3.05) is 0 Å². The Bertz CT molecular complexity index is 757. The number of carbonyl (C=O) groups is 2. The van der Waals surface area contributed by atoms with Gasteiger partial charge in [-0.15, -0.1) is 5.06 Å². The molecule has 0 aliphatic carbocycles. The van der Waals surface area contributed by atoms with E-state index in [1.54, 1.807) is 24.3 Å². The fourth-order valence-corrected chi connectivity index (χ4v) is 2.37. The van der Waals surface area contributed by atoms with E-state index in [1.165, 1.54) is 0 Å². The van der Waals surface area contributed by atoms with Gasteiger partial charge in [0.25, 0.3) is 11.8 Å². The Morgan fingerprint density at radius 1 is 0.909 bits per heavy atom. The smallest absolute Gasteiger partial charge is 0.266 e. The average molecular weight is 292 g/mol. The van der Waals surface area contributed by atoms with E-state index in [0.29, 0.717) is 11.1 Å². The Morgan fingerprint density at radius 2 is 1.45 bits per heavy atom. The molecule has 0 unspecified atom stereocenters. The number of benzene rings is 2. The molecule has 0 saturated heterocycles. The highest BCUT2D eigenvalue weighted by atomic mass is 16.7. The van der Waals surface area contributed by atoms with Crippen LogP contribution in [-0.2, 0) is 17.9 Å². The van der Waals surface area contributed by atoms with Gasteiger partial charge in [-0.05, 0) is 23.3 Å². The van der Waals surface area contributed by atoms with Crippen molar-refractivity contribution in [2.45, 2.75) is 13.0 Å². The minimum Gasteiger partial charge on any atom is -0.266 e. The summed E-state index contributed by atoms with van der Waals surface area (Å²) in [6.45, 7) is 0.0589. The standard InChI is InChI=1S/C17H12N2O3/c18-10-9-12-5-1-2-6-13(12)11-22-19-16(20)14-7-3-4-8-15(14)17(19)21/h1-8H,9,11H2. The van der Waals surface area contributed by atoms with Crippen LogP contribution in [0.1, 0.15) is 31.8 Å². The molecular weight excluding hydrogens is 280 g/mol. The predicted molar refractivity (Wildman–Crippen MR) is 77.5 cm³/mol. The molecule has 0 saturated carbocycles. The SMILES string of the molecule is N#CCc1ccccc1CON1C(=O)c2ccccc2C1=O. The maximum absolute atomic E-state index is 12.2. The van der Waals surface area contributed by atoms with Gasteiger partial charge in [0.2, 0.25) is 0 Å². The van der Waals surface area contributed by atoms with Crippen LogP contribution in [0, 0.1) is 11.3 Å². The molecule has 5 heteroatoms. The third-order valence-electron chi connectivity index (χ3n) is 3.49. The van der Waals surface area contributed by atoms with Gasteiger partial charge in [0.05, 0.1) is 23.6 Å². The fraction of sp³-hybridized carbons (Fsp3) is 0.118. The van der Waals surface area contributed by atoms with Gasteiger partial charge in [0.15, 0.2) is 0 Å². The van der Waals surface area contributed by atoms with Crippen LogP contribution in [0.4, 0.5) is 0 Å². The molecule has 0 spiro atoms. The first-order valence-electron chi connectivity index (χ1n) is 6.77. The molecule has 2 aromatic rings. The molecule has 1 heterocycles. The Morgan fingerprint density at radius 3 is 2.05 bits per heavy atom. The van der Waals surface area contributed by atoms with E-state index >= 15 is 0 Å². The summed E-state index contributed by atoms with van der Waals surface area (Å²) in [4.78, 5) is 29.7. The van der Waals surface area contributed by atoms with E-state index in [-0.39, 0.29) is 13.0 Å². The lowest BCUT2D eigenvalue weighted by Crippen LogP contribution is -2.29. The molecule has 2 aromatic carbocycles. The first-order chi connectivity index (χ1) is 10.7. The van der Waals surface area contributed by atoms with Gasteiger partial charge in [-0.25, -0.2) is 0 Å². The fourth-order valence-electron chi connectivity index (χ4n) is 2.37. The minimum atomic E-state index is -0.460. The molecule has 1 aliphatic rings. The van der Waals surface area contributed by atoms with Crippen LogP contribution in [0.25, 0.3) is 0 Å². The van der Waals surface area contributed by atoms with Crippen molar-refractivity contribution in [3.63, 3.8) is 0 Å². The first kappa shape index (κ1) is 14.0. The van der Waals surface area contributed by atoms with Crippen molar-refractivity contribution in [1.29, 1.82) is 5.26 Å². The van der Waals surface area contributed by atoms with Gasteiger partial charge in [-0.2, -0.15) is 5.26 Å². The van der Waals surface area contributed by atoms with E-state index in [0.717, 1.165) is 16.2 Å². The zero-order valence-electron chi connectivity index (χ0n) is 11.7. The van der Waals surface area contributed by atoms with E-state index < -0.39 is 11.8 Å². The largest absolute Gasteiger partial charge is 0.285 e. The molecule has 108 valence electrons. The lowest BCUT2D eigenvalue weighted by Gasteiger charge is -2.14. The van der Waals surface area contributed by atoms with Gasteiger partial charge >= 0.3 is 0 Å². The van der Waals surface area contributed by atoms with Crippen molar-refractivity contribution >= 4 is 11.8 Å². The van der Waals surface area contributed by atoms with Crippen molar-refractivity contribution < 1.29 is 14.4 Å². The molecule has 22 heavy (non-hydrogen) atoms. The third kappa shape index (κ3) is 2.36. The lowest BCUT2D eigenvalue weighted by molar-refractivity contribution is -0.101. The van der Waals surface area contributed by atoms with Gasteiger partial charge in [-0.1, -0.05) is 36.4 Å². The highest BCUT2D eigenvalue weighted by Crippen LogP contribution is 2.23. The Balaban J connectivity index is 1.78. The number of nitrogens with zero attached hydrogens (tertiary/aromatic N) is 2. The van der Waals surface area contributed by atoms with E-state index in [1.807, 2.05) is 24.3 Å². The number of hydrogen-bond acceptors (Lipinski definition) is 4. The highest BCUT2D eigenvalue weighted by Gasteiger charge is 2.36. The summed E-state index contributed by atoms with van der Waals surface area (Å²) in [5.41, 5.74) is 2.29. The normalized spacial score (nSPS) is 13.1. The molecule has 0 bridgehead atoms. The first-order valence-corrected chi connectivity index (χ1v) is 6.77. The number of nitriles is 1. The molecule has 0 N–H and O–H groups in total. The average Bonchev–Trinajstić information content (AvgIpc) is 2.79. The predicted octanol–water partition coefficient (Wildman–Crippen LogP) is 2.48. The second-order valence-corrected chi connectivity index (χ2v) is 4.83. The number of carbonyl (C=O) groups excluding carboxylic acids is 2. The topological polar surface area (TPSA) is 70.4 Å². The molecule has 0 radical (unpaired) electrons. The van der Waals surface area contributed by atoms with Crippen LogP contribution in [0.5, 0.6) is 0 Å². The summed E-state index contributed by atoms with van der Waals surface area (Å²) in [6.07, 6.45) is 0.252. The van der Waals surface area contributed by atoms with E-state index in [4.69, 9.17) is 10.1 Å². The molecule has 0 aromatic heterocycles. The molecule has 2 amide bonds. The van der Waals surface area contributed by atoms with Gasteiger partial charge in [0.1, 0.15) is 6.61 Å². The number of amides is 2. The minimum absolute atomic E-state index is 0.0589. The van der Waals surface area contributed by atoms with E-state index in [2.05, 4.69) is 6.07 Å². The zero-order chi connectivity index (χ0) is 15.5. The second kappa shape index (κ2) is 5.80. The van der Waals surface area contributed by atoms with Crippen LogP contribution in [0.15, 0.2) is 48.5 Å². The van der Waals surface area contributed by atoms with Crippen LogP contribution in [0.3, 0.4) is 0 Å². The van der Waals surface area contributed by atoms with Crippen molar-refractivity contribution in [3.05, 3.63) is 70.8 Å². The van der Waals surface area contributed by atoms with Gasteiger partial charge < -0.3 is 0 Å². The molecule has 5 nitrogen and oxygen atoms in total. The zero-order valence-corrected chi connectivity index (χ0v) is 11.7.